The summed E-state index contributed by atoms with van der Waals surface area (Å²) in [5, 5.41) is 34.3. The number of carbonyl (C=O) groups excluding carboxylic acids is 2. The molecule has 3 atom stereocenters. The molecule has 0 aliphatic rings. The second-order valence-corrected chi connectivity index (χ2v) is 9.79. The molecule has 0 aliphatic heterocycles. The van der Waals surface area contributed by atoms with Crippen LogP contribution in [0.1, 0.15) is 47.2 Å². The van der Waals surface area contributed by atoms with Crippen LogP contribution in [0.3, 0.4) is 0 Å². The summed E-state index contributed by atoms with van der Waals surface area (Å²) in [6, 6.07) is 24.9. The Morgan fingerprint density at radius 2 is 0.979 bits per heavy atom. The number of nitrogens with zero attached hydrogens (tertiary/aromatic N) is 3. The van der Waals surface area contributed by atoms with E-state index in [1.807, 2.05) is 30.3 Å². The number of halogens is 1. The summed E-state index contributed by atoms with van der Waals surface area (Å²) in [4.78, 5) is 33.1. The van der Waals surface area contributed by atoms with E-state index in [1.54, 1.807) is 74.5 Å². The number of nitrogens with two attached hydrogens (primary N) is 2. The Labute approximate surface area is 280 Å². The summed E-state index contributed by atoms with van der Waals surface area (Å²) >= 11 is 0. The van der Waals surface area contributed by atoms with Crippen molar-refractivity contribution >= 4 is 30.3 Å². The number of nitriles is 3. The first kappa shape index (κ1) is 41.7. The van der Waals surface area contributed by atoms with Gasteiger partial charge in [-0.2, -0.15) is 15.8 Å². The first-order chi connectivity index (χ1) is 22.0. The zero-order valence-corrected chi connectivity index (χ0v) is 27.1. The molecule has 0 aromatic heterocycles. The molecule has 248 valence electrons. The molecule has 0 unspecified atom stereocenters. The van der Waals surface area contributed by atoms with Crippen LogP contribution in [0.2, 0.25) is 0 Å². The summed E-state index contributed by atoms with van der Waals surface area (Å²) in [7, 11) is 0. The average molecular weight is 664 g/mol. The summed E-state index contributed by atoms with van der Waals surface area (Å²) in [6.45, 7) is 4.22. The number of quaternary nitrogens is 1. The molecule has 0 spiro atoms. The van der Waals surface area contributed by atoms with Crippen LogP contribution in [0.15, 0.2) is 72.8 Å². The number of rotatable bonds is 11. The molecule has 0 heterocycles. The summed E-state index contributed by atoms with van der Waals surface area (Å²) in [5.41, 5.74) is 19.2. The minimum Gasteiger partial charge on any atom is -0.480 e. The fraction of sp³-hybridized carbons (Fsp3) is 0.294. The van der Waals surface area contributed by atoms with Crippen LogP contribution in [-0.2, 0) is 43.1 Å². The van der Waals surface area contributed by atoms with Gasteiger partial charge in [0.1, 0.15) is 12.1 Å². The predicted octanol–water partition coefficient (Wildman–Crippen LogP) is 2.20. The second-order valence-electron chi connectivity index (χ2n) is 9.79. The van der Waals surface area contributed by atoms with Gasteiger partial charge in [-0.1, -0.05) is 36.4 Å². The molecule has 3 aromatic rings. The molecular formula is C34H40ClN6O6+. The van der Waals surface area contributed by atoms with Crippen LogP contribution >= 0.6 is 12.4 Å². The quantitative estimate of drug-likeness (QED) is 0.217. The zero-order valence-electron chi connectivity index (χ0n) is 26.3. The van der Waals surface area contributed by atoms with Gasteiger partial charge in [0.05, 0.1) is 48.1 Å². The van der Waals surface area contributed by atoms with Crippen molar-refractivity contribution in [2.24, 2.45) is 11.5 Å². The number of hydrogen-bond donors (Lipinski definition) is 4. The third-order valence-corrected chi connectivity index (χ3v) is 6.17. The van der Waals surface area contributed by atoms with E-state index in [-0.39, 0.29) is 24.8 Å². The highest BCUT2D eigenvalue weighted by Gasteiger charge is 2.19. The lowest BCUT2D eigenvalue weighted by Crippen LogP contribution is -2.66. The van der Waals surface area contributed by atoms with E-state index in [2.05, 4.69) is 5.73 Å². The zero-order chi connectivity index (χ0) is 34.5. The lowest BCUT2D eigenvalue weighted by molar-refractivity contribution is -0.407. The largest absolute Gasteiger partial charge is 0.480 e. The number of esters is 2. The molecule has 0 radical (unpaired) electrons. The van der Waals surface area contributed by atoms with Gasteiger partial charge in [0.25, 0.3) is 0 Å². The van der Waals surface area contributed by atoms with Crippen LogP contribution < -0.4 is 17.2 Å². The lowest BCUT2D eigenvalue weighted by atomic mass is 10.1. The van der Waals surface area contributed by atoms with Crippen LogP contribution in [0.25, 0.3) is 0 Å². The van der Waals surface area contributed by atoms with Crippen molar-refractivity contribution in [3.8, 4) is 18.2 Å². The van der Waals surface area contributed by atoms with Crippen molar-refractivity contribution in [3.05, 3.63) is 106 Å². The van der Waals surface area contributed by atoms with Gasteiger partial charge in [0, 0.05) is 6.42 Å². The first-order valence-electron chi connectivity index (χ1n) is 14.3. The number of aliphatic carboxylic acids is 1. The van der Waals surface area contributed by atoms with Crippen LogP contribution in [0.5, 0.6) is 0 Å². The molecular weight excluding hydrogens is 624 g/mol. The van der Waals surface area contributed by atoms with Gasteiger partial charge in [0.2, 0.25) is 0 Å². The maximum absolute atomic E-state index is 11.3. The first-order valence-corrected chi connectivity index (χ1v) is 14.3. The average Bonchev–Trinajstić information content (AvgIpc) is 3.06. The van der Waals surface area contributed by atoms with E-state index in [9.17, 15) is 14.4 Å². The van der Waals surface area contributed by atoms with Crippen molar-refractivity contribution in [2.75, 3.05) is 13.2 Å². The highest BCUT2D eigenvalue weighted by atomic mass is 35.5. The van der Waals surface area contributed by atoms with Crippen LogP contribution in [0, 0.1) is 34.0 Å². The number of carboxylic acids is 1. The lowest BCUT2D eigenvalue weighted by Gasteiger charge is -2.10. The highest BCUT2D eigenvalue weighted by molar-refractivity contribution is 5.85. The SMILES string of the molecule is CCOC(=O)[C@H](N)Cc1ccc(C#N)cc1.CCOC(=O)[C@H]([NH3+])Cc1ccc(C#N)cc1.Cl.N#Cc1ccc(C[C@H](N)C(=O)O)cc1. The summed E-state index contributed by atoms with van der Waals surface area (Å²) in [5.74, 6) is -1.70. The Morgan fingerprint density at radius 3 is 1.30 bits per heavy atom. The Hall–Kier alpha value is -5.29. The number of ether oxygens (including phenoxy) is 2. The van der Waals surface area contributed by atoms with E-state index >= 15 is 0 Å². The standard InChI is InChI=1S/2C12H14N2O2.C10H10N2O2.ClH/c2*1-2-16-12(15)11(14)7-9-3-5-10(8-13)6-4-9;11-6-8-3-1-7(2-4-8)5-9(12)10(13)14;/h2*3-6,11H,2,7,14H2,1H3;1-4,9H,5,12H2,(H,13,14);1H/p+1/t2*11-;9-;/m110./s1. The fourth-order valence-electron chi connectivity index (χ4n) is 3.70. The third kappa shape index (κ3) is 16.6. The van der Waals surface area contributed by atoms with Gasteiger partial charge in [0.15, 0.2) is 6.04 Å². The van der Waals surface area contributed by atoms with Crippen molar-refractivity contribution in [1.82, 2.24) is 0 Å². The van der Waals surface area contributed by atoms with Gasteiger partial charge >= 0.3 is 17.9 Å². The number of benzene rings is 3. The molecule has 0 saturated heterocycles. The second kappa shape index (κ2) is 23.1. The maximum atomic E-state index is 11.3. The predicted molar refractivity (Wildman–Crippen MR) is 175 cm³/mol. The van der Waals surface area contributed by atoms with E-state index in [0.717, 1.165) is 16.7 Å². The number of carboxylic acid groups (broad SMARTS) is 1. The molecule has 13 heteroatoms. The van der Waals surface area contributed by atoms with Gasteiger partial charge in [-0.25, -0.2) is 4.79 Å². The van der Waals surface area contributed by atoms with Crippen LogP contribution in [0.4, 0.5) is 0 Å². The number of carbonyl (C=O) groups is 3. The summed E-state index contributed by atoms with van der Waals surface area (Å²) in [6.07, 6.45) is 1.23. The van der Waals surface area contributed by atoms with E-state index < -0.39 is 30.1 Å². The third-order valence-electron chi connectivity index (χ3n) is 6.17. The minimum absolute atomic E-state index is 0. The van der Waals surface area contributed by atoms with Crippen molar-refractivity contribution in [1.29, 1.82) is 15.8 Å². The van der Waals surface area contributed by atoms with Gasteiger partial charge in [-0.05, 0) is 79.8 Å². The topological polar surface area (TPSA) is 241 Å². The molecule has 0 bridgehead atoms. The Bertz CT molecular complexity index is 1450. The Kier molecular flexibility index (Phi) is 20.5. The molecule has 12 nitrogen and oxygen atoms in total. The highest BCUT2D eigenvalue weighted by Crippen LogP contribution is 2.08. The molecule has 0 saturated carbocycles. The monoisotopic (exact) mass is 663 g/mol. The van der Waals surface area contributed by atoms with Gasteiger partial charge < -0.3 is 31.8 Å². The Balaban J connectivity index is 0.000000670. The van der Waals surface area contributed by atoms with Gasteiger partial charge in [-0.15, -0.1) is 12.4 Å². The van der Waals surface area contributed by atoms with Crippen molar-refractivity contribution < 1.29 is 34.7 Å². The molecule has 3 aromatic carbocycles. The fourth-order valence-corrected chi connectivity index (χ4v) is 3.70. The van der Waals surface area contributed by atoms with Crippen molar-refractivity contribution in [2.45, 2.75) is 51.2 Å². The number of hydrogen-bond acceptors (Lipinski definition) is 10. The molecule has 8 N–H and O–H groups in total. The molecule has 0 fully saturated rings. The van der Waals surface area contributed by atoms with E-state index in [4.69, 9.17) is 41.8 Å². The van der Waals surface area contributed by atoms with Crippen LogP contribution in [-0.4, -0.2) is 54.4 Å². The van der Waals surface area contributed by atoms with Crippen molar-refractivity contribution in [3.63, 3.8) is 0 Å². The normalized spacial score (nSPS) is 11.4. The minimum atomic E-state index is -1.02. The van der Waals surface area contributed by atoms with E-state index in [1.165, 1.54) is 0 Å². The van der Waals surface area contributed by atoms with E-state index in [0.29, 0.717) is 42.7 Å². The molecule has 0 amide bonds. The molecule has 47 heavy (non-hydrogen) atoms. The molecule has 3 rings (SSSR count). The summed E-state index contributed by atoms with van der Waals surface area (Å²) < 4.78 is 9.67. The van der Waals surface area contributed by atoms with Gasteiger partial charge in [-0.3, -0.25) is 9.59 Å². The Morgan fingerprint density at radius 1 is 0.660 bits per heavy atom. The smallest absolute Gasteiger partial charge is 0.365 e. The maximum Gasteiger partial charge on any atom is 0.365 e. The molecule has 0 aliphatic carbocycles.